The van der Waals surface area contributed by atoms with E-state index in [4.69, 9.17) is 9.84 Å². The molecule has 1 aliphatic rings. The lowest BCUT2D eigenvalue weighted by Crippen LogP contribution is -2.15. The number of hydrogen-bond donors (Lipinski definition) is 0. The number of nitrogens with zero attached hydrogens (tertiary/aromatic N) is 3. The molecule has 1 unspecified atom stereocenters. The van der Waals surface area contributed by atoms with Crippen LogP contribution in [0.4, 0.5) is 0 Å². The van der Waals surface area contributed by atoms with E-state index in [2.05, 4.69) is 41.4 Å². The first-order valence-corrected chi connectivity index (χ1v) is 9.75. The van der Waals surface area contributed by atoms with Crippen LogP contribution in [0.25, 0.3) is 11.3 Å². The van der Waals surface area contributed by atoms with Crippen molar-refractivity contribution in [3.05, 3.63) is 58.8 Å². The van der Waals surface area contributed by atoms with Crippen LogP contribution in [0.2, 0.25) is 0 Å². The minimum atomic E-state index is 0.479. The molecule has 1 aromatic heterocycles. The van der Waals surface area contributed by atoms with Gasteiger partial charge in [-0.3, -0.25) is 4.99 Å². The second-order valence-corrected chi connectivity index (χ2v) is 7.33. The van der Waals surface area contributed by atoms with Gasteiger partial charge in [0.2, 0.25) is 4.80 Å². The number of thiazole rings is 1. The molecular formula is C21H25N3OS. The van der Waals surface area contributed by atoms with Gasteiger partial charge in [0, 0.05) is 17.2 Å². The summed E-state index contributed by atoms with van der Waals surface area (Å²) in [5.74, 6) is 1.31. The molecule has 2 aromatic rings. The average Bonchev–Trinajstić information content (AvgIpc) is 3.08. The topological polar surface area (TPSA) is 38.9 Å². The van der Waals surface area contributed by atoms with E-state index in [1.807, 2.05) is 29.8 Å². The SMILES string of the molecule is C=C(C)CN=c1scc(-c2ccccc2OC)n1N=CC1CC=CCC1. The molecule has 136 valence electrons. The maximum absolute atomic E-state index is 5.54. The molecule has 0 spiro atoms. The third kappa shape index (κ3) is 4.41. The molecule has 3 rings (SSSR count). The van der Waals surface area contributed by atoms with Crippen molar-refractivity contribution < 1.29 is 4.74 Å². The van der Waals surface area contributed by atoms with Gasteiger partial charge in [0.05, 0.1) is 19.3 Å². The predicted octanol–water partition coefficient (Wildman–Crippen LogP) is 4.89. The van der Waals surface area contributed by atoms with Gasteiger partial charge in [-0.1, -0.05) is 36.4 Å². The maximum Gasteiger partial charge on any atom is 0.206 e. The van der Waals surface area contributed by atoms with E-state index < -0.39 is 0 Å². The Kier molecular flexibility index (Phi) is 6.23. The molecule has 26 heavy (non-hydrogen) atoms. The number of rotatable bonds is 6. The number of para-hydroxylation sites is 1. The Bertz CT molecular complexity index is 889. The summed E-state index contributed by atoms with van der Waals surface area (Å²) in [6.07, 6.45) is 9.87. The lowest BCUT2D eigenvalue weighted by Gasteiger charge is -2.13. The number of methoxy groups -OCH3 is 1. The van der Waals surface area contributed by atoms with E-state index >= 15 is 0 Å². The van der Waals surface area contributed by atoms with Crippen molar-refractivity contribution in [3.8, 4) is 17.0 Å². The summed E-state index contributed by atoms with van der Waals surface area (Å²) < 4.78 is 7.48. The average molecular weight is 368 g/mol. The van der Waals surface area contributed by atoms with Gasteiger partial charge in [0.1, 0.15) is 5.75 Å². The van der Waals surface area contributed by atoms with Gasteiger partial charge < -0.3 is 4.74 Å². The maximum atomic E-state index is 5.54. The van der Waals surface area contributed by atoms with Crippen molar-refractivity contribution in [2.75, 3.05) is 13.7 Å². The molecule has 1 aliphatic carbocycles. The van der Waals surface area contributed by atoms with Crippen molar-refractivity contribution in [2.24, 2.45) is 16.0 Å². The Morgan fingerprint density at radius 1 is 1.38 bits per heavy atom. The highest BCUT2D eigenvalue weighted by molar-refractivity contribution is 7.07. The highest BCUT2D eigenvalue weighted by atomic mass is 32.1. The van der Waals surface area contributed by atoms with Crippen LogP contribution in [0.15, 0.2) is 64.0 Å². The van der Waals surface area contributed by atoms with Crippen molar-refractivity contribution in [2.45, 2.75) is 26.2 Å². The molecule has 1 atom stereocenters. The van der Waals surface area contributed by atoms with E-state index in [1.54, 1.807) is 18.4 Å². The van der Waals surface area contributed by atoms with Crippen LogP contribution < -0.4 is 9.54 Å². The molecule has 5 heteroatoms. The van der Waals surface area contributed by atoms with Gasteiger partial charge in [-0.05, 0) is 44.2 Å². The van der Waals surface area contributed by atoms with Crippen molar-refractivity contribution in [1.29, 1.82) is 0 Å². The molecule has 0 aliphatic heterocycles. The van der Waals surface area contributed by atoms with Gasteiger partial charge in [0.15, 0.2) is 0 Å². The summed E-state index contributed by atoms with van der Waals surface area (Å²) in [6, 6.07) is 8.01. The van der Waals surface area contributed by atoms with Gasteiger partial charge in [-0.2, -0.15) is 5.10 Å². The van der Waals surface area contributed by atoms with Crippen LogP contribution in [-0.4, -0.2) is 24.5 Å². The minimum absolute atomic E-state index is 0.479. The standard InChI is InChI=1S/C21H25N3OS/c1-16(2)13-22-21-24(23-14-17-9-5-4-6-10-17)19(15-26-21)18-11-7-8-12-20(18)25-3/h4-5,7-8,11-12,14-15,17H,1,6,9-10,13H2,2-3H3. The third-order valence-corrected chi connectivity index (χ3v) is 5.11. The molecular weight excluding hydrogens is 342 g/mol. The Morgan fingerprint density at radius 2 is 2.23 bits per heavy atom. The molecule has 1 aromatic carbocycles. The van der Waals surface area contributed by atoms with Crippen molar-refractivity contribution >= 4 is 17.6 Å². The lowest BCUT2D eigenvalue weighted by atomic mass is 9.96. The van der Waals surface area contributed by atoms with E-state index in [0.29, 0.717) is 12.5 Å². The second-order valence-electron chi connectivity index (χ2n) is 6.50. The van der Waals surface area contributed by atoms with Crippen molar-refractivity contribution in [3.63, 3.8) is 0 Å². The molecule has 1 heterocycles. The minimum Gasteiger partial charge on any atom is -0.496 e. The van der Waals surface area contributed by atoms with E-state index in [1.165, 1.54) is 0 Å². The summed E-state index contributed by atoms with van der Waals surface area (Å²) in [5, 5.41) is 6.90. The number of ether oxygens (including phenoxy) is 1. The van der Waals surface area contributed by atoms with E-state index in [0.717, 1.165) is 46.6 Å². The second kappa shape index (κ2) is 8.81. The van der Waals surface area contributed by atoms with E-state index in [-0.39, 0.29) is 0 Å². The first kappa shape index (κ1) is 18.4. The summed E-state index contributed by atoms with van der Waals surface area (Å²) in [6.45, 7) is 6.54. The van der Waals surface area contributed by atoms with Gasteiger partial charge in [0.25, 0.3) is 0 Å². The Balaban J connectivity index is 2.04. The molecule has 0 saturated heterocycles. The lowest BCUT2D eigenvalue weighted by molar-refractivity contribution is 0.416. The highest BCUT2D eigenvalue weighted by Crippen LogP contribution is 2.30. The zero-order chi connectivity index (χ0) is 18.4. The fourth-order valence-electron chi connectivity index (χ4n) is 2.88. The van der Waals surface area contributed by atoms with Crippen LogP contribution in [0.5, 0.6) is 5.75 Å². The smallest absolute Gasteiger partial charge is 0.206 e. The molecule has 0 N–H and O–H groups in total. The van der Waals surface area contributed by atoms with Crippen molar-refractivity contribution in [1.82, 2.24) is 4.68 Å². The molecule has 4 nitrogen and oxygen atoms in total. The highest BCUT2D eigenvalue weighted by Gasteiger charge is 2.13. The molecule has 0 amide bonds. The molecule has 0 bridgehead atoms. The first-order valence-electron chi connectivity index (χ1n) is 8.87. The number of allylic oxidation sites excluding steroid dienone is 2. The third-order valence-electron chi connectivity index (χ3n) is 4.26. The van der Waals surface area contributed by atoms with Gasteiger partial charge >= 0.3 is 0 Å². The Morgan fingerprint density at radius 3 is 2.96 bits per heavy atom. The fraction of sp³-hybridized carbons (Fsp3) is 0.333. The Labute approximate surface area is 158 Å². The molecule has 0 saturated carbocycles. The number of aromatic nitrogens is 1. The predicted molar refractivity (Wildman–Crippen MR) is 110 cm³/mol. The zero-order valence-corrected chi connectivity index (χ0v) is 16.2. The monoisotopic (exact) mass is 367 g/mol. The largest absolute Gasteiger partial charge is 0.496 e. The first-order chi connectivity index (χ1) is 12.7. The number of hydrogen-bond acceptors (Lipinski definition) is 4. The summed E-state index contributed by atoms with van der Waals surface area (Å²) in [7, 11) is 1.69. The van der Waals surface area contributed by atoms with Crippen LogP contribution in [0.3, 0.4) is 0 Å². The zero-order valence-electron chi connectivity index (χ0n) is 15.4. The Hall–Kier alpha value is -2.40. The summed E-state index contributed by atoms with van der Waals surface area (Å²) in [5.41, 5.74) is 3.05. The number of benzene rings is 1. The van der Waals surface area contributed by atoms with Crippen LogP contribution in [0.1, 0.15) is 26.2 Å². The normalized spacial score (nSPS) is 17.8. The fourth-order valence-corrected chi connectivity index (χ4v) is 3.71. The van der Waals surface area contributed by atoms with E-state index in [9.17, 15) is 0 Å². The van der Waals surface area contributed by atoms with Crippen LogP contribution in [-0.2, 0) is 0 Å². The quantitative estimate of drug-likeness (QED) is 0.529. The molecule has 0 fully saturated rings. The molecule has 0 radical (unpaired) electrons. The summed E-state index contributed by atoms with van der Waals surface area (Å²) in [4.78, 5) is 5.56. The van der Waals surface area contributed by atoms with Gasteiger partial charge in [-0.25, -0.2) is 4.68 Å². The van der Waals surface area contributed by atoms with Crippen LogP contribution in [0, 0.1) is 5.92 Å². The van der Waals surface area contributed by atoms with Gasteiger partial charge in [-0.15, -0.1) is 11.3 Å². The summed E-state index contributed by atoms with van der Waals surface area (Å²) >= 11 is 1.59. The van der Waals surface area contributed by atoms with Crippen LogP contribution >= 0.6 is 11.3 Å².